The van der Waals surface area contributed by atoms with Gasteiger partial charge in [-0.15, -0.1) is 11.3 Å². The van der Waals surface area contributed by atoms with Crippen molar-refractivity contribution in [3.05, 3.63) is 41.8 Å². The van der Waals surface area contributed by atoms with Crippen LogP contribution in [0.2, 0.25) is 0 Å². The molecular formula is C23H31N3O6S3. The molecule has 0 unspecified atom stereocenters. The largest absolute Gasteiger partial charge is 0.492 e. The predicted molar refractivity (Wildman–Crippen MR) is 133 cm³/mol. The number of benzene rings is 1. The fourth-order valence-corrected chi connectivity index (χ4v) is 8.48. The van der Waals surface area contributed by atoms with Crippen molar-refractivity contribution in [1.82, 2.24) is 13.9 Å². The number of ether oxygens (including phenoxy) is 1. The van der Waals surface area contributed by atoms with Crippen molar-refractivity contribution in [1.29, 1.82) is 0 Å². The van der Waals surface area contributed by atoms with Gasteiger partial charge in [0.05, 0.1) is 11.4 Å². The van der Waals surface area contributed by atoms with Gasteiger partial charge in [0.15, 0.2) is 0 Å². The summed E-state index contributed by atoms with van der Waals surface area (Å²) in [5, 5.41) is 4.59. The number of piperidine rings is 2. The maximum atomic E-state index is 12.7. The highest BCUT2D eigenvalue weighted by Crippen LogP contribution is 2.26. The highest BCUT2D eigenvalue weighted by molar-refractivity contribution is 7.91. The van der Waals surface area contributed by atoms with Crippen molar-refractivity contribution in [2.75, 3.05) is 39.3 Å². The molecule has 35 heavy (non-hydrogen) atoms. The van der Waals surface area contributed by atoms with Gasteiger partial charge in [-0.05, 0) is 61.4 Å². The van der Waals surface area contributed by atoms with Crippen LogP contribution < -0.4 is 10.1 Å². The third-order valence-corrected chi connectivity index (χ3v) is 11.5. The molecule has 2 saturated heterocycles. The number of nitrogens with zero attached hydrogens (tertiary/aromatic N) is 2. The standard InChI is InChI=1S/C23H31N3O6S3/c27-23(19-10-15-26(16-11-19)35(30,31)22-5-4-18-33-22)24-12-17-32-20-6-8-21(9-7-20)34(28,29)25-13-2-1-3-14-25/h4-9,18-19H,1-3,10-17H2,(H,24,27). The molecule has 9 nitrogen and oxygen atoms in total. The van der Waals surface area contributed by atoms with E-state index < -0.39 is 20.0 Å². The van der Waals surface area contributed by atoms with Crippen LogP contribution >= 0.6 is 11.3 Å². The molecule has 2 aromatic rings. The summed E-state index contributed by atoms with van der Waals surface area (Å²) in [6.07, 6.45) is 3.79. The first-order chi connectivity index (χ1) is 16.8. The molecule has 3 heterocycles. The van der Waals surface area contributed by atoms with E-state index in [4.69, 9.17) is 4.74 Å². The zero-order valence-electron chi connectivity index (χ0n) is 19.5. The van der Waals surface area contributed by atoms with Gasteiger partial charge in [-0.2, -0.15) is 8.61 Å². The van der Waals surface area contributed by atoms with Crippen LogP contribution in [0.5, 0.6) is 5.75 Å². The minimum absolute atomic E-state index is 0.107. The predicted octanol–water partition coefficient (Wildman–Crippen LogP) is 2.52. The second kappa shape index (κ2) is 11.4. The lowest BCUT2D eigenvalue weighted by Gasteiger charge is -2.30. The maximum absolute atomic E-state index is 12.7. The van der Waals surface area contributed by atoms with Gasteiger partial charge in [-0.3, -0.25) is 4.79 Å². The normalized spacial score (nSPS) is 18.9. The first-order valence-electron chi connectivity index (χ1n) is 11.8. The summed E-state index contributed by atoms with van der Waals surface area (Å²) in [7, 11) is -6.95. The van der Waals surface area contributed by atoms with Crippen LogP contribution in [0.4, 0.5) is 0 Å². The Balaban J connectivity index is 1.19. The van der Waals surface area contributed by atoms with Crippen molar-refractivity contribution in [3.8, 4) is 5.75 Å². The molecule has 2 fully saturated rings. The number of carbonyl (C=O) groups is 1. The first-order valence-corrected chi connectivity index (χ1v) is 15.6. The fourth-order valence-electron chi connectivity index (χ4n) is 4.35. The lowest BCUT2D eigenvalue weighted by atomic mass is 9.97. The molecule has 192 valence electrons. The van der Waals surface area contributed by atoms with Crippen LogP contribution in [0, 0.1) is 5.92 Å². The molecule has 1 aromatic heterocycles. The van der Waals surface area contributed by atoms with E-state index in [-0.39, 0.29) is 23.3 Å². The summed E-state index contributed by atoms with van der Waals surface area (Å²) in [5.41, 5.74) is 0. The number of rotatable bonds is 9. The molecule has 4 rings (SSSR count). The molecule has 2 aliphatic rings. The Labute approximate surface area is 211 Å². The molecule has 1 aromatic carbocycles. The summed E-state index contributed by atoms with van der Waals surface area (Å²) >= 11 is 1.20. The van der Waals surface area contributed by atoms with Crippen molar-refractivity contribution >= 4 is 37.3 Å². The van der Waals surface area contributed by atoms with Crippen LogP contribution in [0.25, 0.3) is 0 Å². The van der Waals surface area contributed by atoms with Crippen molar-refractivity contribution in [2.45, 2.75) is 41.2 Å². The Hall–Kier alpha value is -1.99. The van der Waals surface area contributed by atoms with E-state index in [1.54, 1.807) is 41.8 Å². The van der Waals surface area contributed by atoms with Crippen LogP contribution in [0.15, 0.2) is 50.9 Å². The van der Waals surface area contributed by atoms with Crippen molar-refractivity contribution in [3.63, 3.8) is 0 Å². The second-order valence-corrected chi connectivity index (χ2v) is 13.7. The van der Waals surface area contributed by atoms with Gasteiger partial charge < -0.3 is 10.1 Å². The van der Waals surface area contributed by atoms with Gasteiger partial charge in [-0.25, -0.2) is 16.8 Å². The molecule has 0 aliphatic carbocycles. The molecular weight excluding hydrogens is 510 g/mol. The maximum Gasteiger partial charge on any atom is 0.252 e. The minimum atomic E-state index is -3.48. The van der Waals surface area contributed by atoms with Crippen molar-refractivity contribution < 1.29 is 26.4 Å². The van der Waals surface area contributed by atoms with E-state index in [1.165, 1.54) is 19.9 Å². The Morgan fingerprint density at radius 1 is 0.914 bits per heavy atom. The Kier molecular flexibility index (Phi) is 8.48. The monoisotopic (exact) mass is 541 g/mol. The number of amides is 1. The topological polar surface area (TPSA) is 113 Å². The number of thiophene rings is 1. The van der Waals surface area contributed by atoms with E-state index >= 15 is 0 Å². The summed E-state index contributed by atoms with van der Waals surface area (Å²) < 4.78 is 59.6. The van der Waals surface area contributed by atoms with Gasteiger partial charge in [-0.1, -0.05) is 12.5 Å². The van der Waals surface area contributed by atoms with Gasteiger partial charge in [0.25, 0.3) is 10.0 Å². The fraction of sp³-hybridized carbons (Fsp3) is 0.522. The average Bonchev–Trinajstić information content (AvgIpc) is 3.44. The van der Waals surface area contributed by atoms with E-state index in [2.05, 4.69) is 5.32 Å². The van der Waals surface area contributed by atoms with Crippen LogP contribution in [0.1, 0.15) is 32.1 Å². The third-order valence-electron chi connectivity index (χ3n) is 6.36. The Morgan fingerprint density at radius 2 is 1.57 bits per heavy atom. The SMILES string of the molecule is O=C(NCCOc1ccc(S(=O)(=O)N2CCCCC2)cc1)C1CCN(S(=O)(=O)c2cccs2)CC1. The first kappa shape index (κ1) is 26.1. The summed E-state index contributed by atoms with van der Waals surface area (Å²) in [5.74, 6) is 0.192. The van der Waals surface area contributed by atoms with Gasteiger partial charge in [0, 0.05) is 32.1 Å². The zero-order chi connectivity index (χ0) is 24.9. The molecule has 1 N–H and O–H groups in total. The molecule has 0 atom stereocenters. The summed E-state index contributed by atoms with van der Waals surface area (Å²) in [6.45, 7) is 2.31. The molecule has 0 saturated carbocycles. The van der Waals surface area contributed by atoms with E-state index in [1.807, 2.05) is 0 Å². The number of hydrogen-bond donors (Lipinski definition) is 1. The highest BCUT2D eigenvalue weighted by atomic mass is 32.2. The lowest BCUT2D eigenvalue weighted by molar-refractivity contribution is -0.126. The second-order valence-electron chi connectivity index (χ2n) is 8.69. The minimum Gasteiger partial charge on any atom is -0.492 e. The third kappa shape index (κ3) is 6.23. The number of nitrogens with one attached hydrogen (secondary N) is 1. The summed E-state index contributed by atoms with van der Waals surface area (Å²) in [6, 6.07) is 9.67. The smallest absolute Gasteiger partial charge is 0.252 e. The van der Waals surface area contributed by atoms with Crippen LogP contribution in [-0.4, -0.2) is 70.7 Å². The number of sulfonamides is 2. The highest BCUT2D eigenvalue weighted by Gasteiger charge is 2.32. The van der Waals surface area contributed by atoms with E-state index in [9.17, 15) is 21.6 Å². The molecule has 1 amide bonds. The molecule has 2 aliphatic heterocycles. The zero-order valence-corrected chi connectivity index (χ0v) is 21.9. The van der Waals surface area contributed by atoms with Crippen LogP contribution in [-0.2, 0) is 24.8 Å². The van der Waals surface area contributed by atoms with Crippen LogP contribution in [0.3, 0.4) is 0 Å². The van der Waals surface area contributed by atoms with Gasteiger partial charge >= 0.3 is 0 Å². The van der Waals surface area contributed by atoms with E-state index in [0.717, 1.165) is 19.3 Å². The molecule has 0 radical (unpaired) electrons. The Bertz CT molecular complexity index is 1180. The number of carbonyl (C=O) groups excluding carboxylic acids is 1. The Morgan fingerprint density at radius 3 is 2.20 bits per heavy atom. The number of hydrogen-bond acceptors (Lipinski definition) is 7. The summed E-state index contributed by atoms with van der Waals surface area (Å²) in [4.78, 5) is 12.8. The lowest BCUT2D eigenvalue weighted by Crippen LogP contribution is -2.43. The molecule has 0 bridgehead atoms. The van der Waals surface area contributed by atoms with Gasteiger partial charge in [0.2, 0.25) is 15.9 Å². The molecule has 12 heteroatoms. The van der Waals surface area contributed by atoms with Gasteiger partial charge in [0.1, 0.15) is 16.6 Å². The van der Waals surface area contributed by atoms with E-state index in [0.29, 0.717) is 55.5 Å². The van der Waals surface area contributed by atoms with Crippen molar-refractivity contribution in [2.24, 2.45) is 5.92 Å². The molecule has 0 spiro atoms. The average molecular weight is 542 g/mol. The quantitative estimate of drug-likeness (QED) is 0.488.